The van der Waals surface area contributed by atoms with E-state index in [0.717, 1.165) is 16.7 Å². The lowest BCUT2D eigenvalue weighted by Crippen LogP contribution is -2.20. The number of benzene rings is 1. The van der Waals surface area contributed by atoms with Gasteiger partial charge in [-0.05, 0) is 26.8 Å². The normalized spacial score (nSPS) is 11.7. The quantitative estimate of drug-likeness (QED) is 0.697. The zero-order valence-electron chi connectivity index (χ0n) is 11.3. The summed E-state index contributed by atoms with van der Waals surface area (Å²) >= 11 is 2.16. The van der Waals surface area contributed by atoms with E-state index in [4.69, 9.17) is 4.42 Å². The summed E-state index contributed by atoms with van der Waals surface area (Å²) in [4.78, 5) is 0. The highest BCUT2D eigenvalue weighted by Crippen LogP contribution is 2.34. The second-order valence-electron chi connectivity index (χ2n) is 4.79. The summed E-state index contributed by atoms with van der Waals surface area (Å²) in [5.41, 5.74) is 1.80. The van der Waals surface area contributed by atoms with E-state index in [1.807, 2.05) is 34.4 Å². The molecule has 1 aromatic heterocycles. The molecule has 0 amide bonds. The van der Waals surface area contributed by atoms with Crippen molar-refractivity contribution in [1.82, 2.24) is 0 Å². The molecule has 0 unspecified atom stereocenters. The molecule has 2 rings (SSSR count). The van der Waals surface area contributed by atoms with Crippen molar-refractivity contribution in [3.05, 3.63) is 64.1 Å². The molecular weight excluding hydrogens is 375 g/mol. The van der Waals surface area contributed by atoms with Crippen LogP contribution in [0.2, 0.25) is 0 Å². The van der Waals surface area contributed by atoms with Crippen molar-refractivity contribution in [3.8, 4) is 12.1 Å². The van der Waals surface area contributed by atoms with Crippen molar-refractivity contribution in [2.45, 2.75) is 12.8 Å². The number of rotatable bonds is 5. The molecule has 0 aliphatic carbocycles. The van der Waals surface area contributed by atoms with Gasteiger partial charge in [0.25, 0.3) is 0 Å². The molecule has 104 valence electrons. The van der Waals surface area contributed by atoms with Gasteiger partial charge in [0.15, 0.2) is 5.41 Å². The molecule has 0 spiro atoms. The molecule has 3 nitrogen and oxygen atoms in total. The van der Waals surface area contributed by atoms with Gasteiger partial charge in [0, 0.05) is 12.8 Å². The van der Waals surface area contributed by atoms with Crippen LogP contribution in [0.5, 0.6) is 0 Å². The third-order valence-corrected chi connectivity index (χ3v) is 4.03. The Labute approximate surface area is 137 Å². The van der Waals surface area contributed by atoms with Gasteiger partial charge in [-0.2, -0.15) is 10.5 Å². The Kier molecular flexibility index (Phi) is 5.19. The Morgan fingerprint density at radius 1 is 1.19 bits per heavy atom. The highest BCUT2D eigenvalue weighted by atomic mass is 127. The lowest BCUT2D eigenvalue weighted by Gasteiger charge is -2.19. The van der Waals surface area contributed by atoms with Crippen LogP contribution in [0, 0.1) is 28.1 Å². The number of nitriles is 2. The zero-order valence-corrected chi connectivity index (χ0v) is 13.4. The Bertz CT molecular complexity index is 677. The van der Waals surface area contributed by atoms with E-state index in [2.05, 4.69) is 34.7 Å². The van der Waals surface area contributed by atoms with E-state index in [1.165, 1.54) is 0 Å². The van der Waals surface area contributed by atoms with Gasteiger partial charge < -0.3 is 4.42 Å². The van der Waals surface area contributed by atoms with E-state index in [9.17, 15) is 10.5 Å². The molecule has 0 bridgehead atoms. The molecular formula is C17H13IN2O. The molecule has 0 aliphatic rings. The lowest BCUT2D eigenvalue weighted by atomic mass is 9.78. The minimum Gasteiger partial charge on any atom is -0.472 e. The summed E-state index contributed by atoms with van der Waals surface area (Å²) in [5.74, 6) is 0. The average Bonchev–Trinajstić information content (AvgIpc) is 3.05. The van der Waals surface area contributed by atoms with Crippen LogP contribution in [0.25, 0.3) is 5.57 Å². The molecule has 2 aromatic rings. The van der Waals surface area contributed by atoms with Crippen molar-refractivity contribution in [3.63, 3.8) is 0 Å². The van der Waals surface area contributed by atoms with Crippen molar-refractivity contribution < 1.29 is 4.42 Å². The summed E-state index contributed by atoms with van der Waals surface area (Å²) in [5, 5.41) is 19.1. The van der Waals surface area contributed by atoms with E-state index < -0.39 is 5.41 Å². The zero-order chi connectivity index (χ0) is 15.1. The van der Waals surface area contributed by atoms with Gasteiger partial charge in [-0.3, -0.25) is 0 Å². The third kappa shape index (κ3) is 3.74. The number of halogens is 1. The van der Waals surface area contributed by atoms with Gasteiger partial charge in [-0.25, -0.2) is 0 Å². The maximum atomic E-state index is 9.53. The smallest absolute Gasteiger partial charge is 0.151 e. The topological polar surface area (TPSA) is 60.7 Å². The fraction of sp³-hybridized carbons (Fsp3) is 0.176. The molecule has 21 heavy (non-hydrogen) atoms. The van der Waals surface area contributed by atoms with Gasteiger partial charge in [0.2, 0.25) is 0 Å². The molecule has 1 aromatic carbocycles. The van der Waals surface area contributed by atoms with Gasteiger partial charge in [-0.1, -0.05) is 52.9 Å². The van der Waals surface area contributed by atoms with E-state index >= 15 is 0 Å². The van der Waals surface area contributed by atoms with Crippen LogP contribution < -0.4 is 0 Å². The van der Waals surface area contributed by atoms with Crippen LogP contribution in [0.1, 0.15) is 17.5 Å². The lowest BCUT2D eigenvalue weighted by molar-refractivity contribution is 0.520. The first-order valence-corrected chi connectivity index (χ1v) is 7.66. The Balaban J connectivity index is 2.28. The monoisotopic (exact) mass is 388 g/mol. The minimum absolute atomic E-state index is 0.358. The highest BCUT2D eigenvalue weighted by Gasteiger charge is 2.32. The predicted octanol–water partition coefficient (Wildman–Crippen LogP) is 4.72. The number of nitrogens with zero attached hydrogens (tertiary/aromatic N) is 2. The van der Waals surface area contributed by atoms with Crippen LogP contribution in [-0.4, -0.2) is 0 Å². The fourth-order valence-corrected chi connectivity index (χ4v) is 2.75. The summed E-state index contributed by atoms with van der Waals surface area (Å²) in [6.07, 6.45) is 3.88. The number of hydrogen-bond donors (Lipinski definition) is 0. The molecule has 4 heteroatoms. The van der Waals surface area contributed by atoms with Crippen molar-refractivity contribution in [2.24, 2.45) is 5.41 Å². The highest BCUT2D eigenvalue weighted by molar-refractivity contribution is 14.1. The maximum absolute atomic E-state index is 9.53. The summed E-state index contributed by atoms with van der Waals surface area (Å²) < 4.78 is 6.97. The summed E-state index contributed by atoms with van der Waals surface area (Å²) in [6.45, 7) is 0. The molecule has 0 saturated carbocycles. The fourth-order valence-electron chi connectivity index (χ4n) is 2.17. The van der Waals surface area contributed by atoms with E-state index in [-0.39, 0.29) is 0 Å². The third-order valence-electron chi connectivity index (χ3n) is 3.28. The first kappa shape index (κ1) is 15.3. The standard InChI is InChI=1S/C17H13IN2O/c18-10-16(15-4-2-1-3-5-15)9-17(12-19,13-20)8-14-6-7-21-11-14/h1-7,10-11H,8-9H2/b16-10+. The molecule has 0 N–H and O–H groups in total. The van der Waals surface area contributed by atoms with Crippen molar-refractivity contribution >= 4 is 28.2 Å². The van der Waals surface area contributed by atoms with Crippen LogP contribution in [0.3, 0.4) is 0 Å². The molecule has 0 radical (unpaired) electrons. The minimum atomic E-state index is -1.09. The number of allylic oxidation sites excluding steroid dienone is 1. The Morgan fingerprint density at radius 3 is 2.43 bits per heavy atom. The second-order valence-corrected chi connectivity index (χ2v) is 5.41. The van der Waals surface area contributed by atoms with Gasteiger partial charge in [0.1, 0.15) is 0 Å². The van der Waals surface area contributed by atoms with Crippen LogP contribution in [-0.2, 0) is 6.42 Å². The molecule has 0 saturated heterocycles. The second kappa shape index (κ2) is 7.10. The number of furan rings is 1. The predicted molar refractivity (Wildman–Crippen MR) is 89.1 cm³/mol. The van der Waals surface area contributed by atoms with Gasteiger partial charge in [0.05, 0.1) is 24.7 Å². The summed E-state index contributed by atoms with van der Waals surface area (Å²) in [6, 6.07) is 16.0. The van der Waals surface area contributed by atoms with Gasteiger partial charge in [-0.15, -0.1) is 0 Å². The molecule has 1 heterocycles. The molecule has 0 fully saturated rings. The van der Waals surface area contributed by atoms with Crippen molar-refractivity contribution in [2.75, 3.05) is 0 Å². The van der Waals surface area contributed by atoms with Crippen LogP contribution in [0.4, 0.5) is 0 Å². The first-order chi connectivity index (χ1) is 10.2. The van der Waals surface area contributed by atoms with E-state index in [0.29, 0.717) is 12.8 Å². The Morgan fingerprint density at radius 2 is 1.90 bits per heavy atom. The van der Waals surface area contributed by atoms with Crippen LogP contribution >= 0.6 is 22.6 Å². The Hall–Kier alpha value is -2.05. The van der Waals surface area contributed by atoms with Crippen LogP contribution in [0.15, 0.2) is 57.4 Å². The SMILES string of the molecule is N#CC(C#N)(C/C(=C\I)c1ccccc1)Cc1ccoc1. The maximum Gasteiger partial charge on any atom is 0.151 e. The van der Waals surface area contributed by atoms with Crippen molar-refractivity contribution in [1.29, 1.82) is 10.5 Å². The molecule has 0 aliphatic heterocycles. The molecule has 0 atom stereocenters. The summed E-state index contributed by atoms with van der Waals surface area (Å²) in [7, 11) is 0. The number of hydrogen-bond acceptors (Lipinski definition) is 3. The largest absolute Gasteiger partial charge is 0.472 e. The average molecular weight is 388 g/mol. The van der Waals surface area contributed by atoms with Gasteiger partial charge >= 0.3 is 0 Å². The van der Waals surface area contributed by atoms with E-state index in [1.54, 1.807) is 18.6 Å². The first-order valence-electron chi connectivity index (χ1n) is 6.41.